The Morgan fingerprint density at radius 3 is 2.67 bits per heavy atom. The minimum absolute atomic E-state index is 0.0478. The lowest BCUT2D eigenvalue weighted by Gasteiger charge is -2.20. The number of hydrogen-bond acceptors (Lipinski definition) is 3. The summed E-state index contributed by atoms with van der Waals surface area (Å²) in [6.45, 7) is 6.02. The molecule has 0 aromatic heterocycles. The number of benzene rings is 1. The average Bonchev–Trinajstić information content (AvgIpc) is 2.98. The summed E-state index contributed by atoms with van der Waals surface area (Å²) in [4.78, 5) is 4.12. The third kappa shape index (κ3) is 4.87. The van der Waals surface area contributed by atoms with Crippen LogP contribution in [-0.4, -0.2) is 46.8 Å². The zero-order chi connectivity index (χ0) is 17.6. The lowest BCUT2D eigenvalue weighted by atomic mass is 10.1. The molecule has 6 nitrogen and oxygen atoms in total. The zero-order valence-electron chi connectivity index (χ0n) is 14.7. The van der Waals surface area contributed by atoms with Gasteiger partial charge in [0.25, 0.3) is 0 Å². The molecule has 2 N–H and O–H groups in total. The van der Waals surface area contributed by atoms with Crippen LogP contribution in [0.3, 0.4) is 0 Å². The molecule has 0 radical (unpaired) electrons. The van der Waals surface area contributed by atoms with Crippen LogP contribution < -0.4 is 14.9 Å². The SMILES string of the molecule is CN=C(NCCC(C)C)NCCS(=O)(=O)N1CCc2ccccc21. The van der Waals surface area contributed by atoms with Crippen molar-refractivity contribution in [1.82, 2.24) is 10.6 Å². The summed E-state index contributed by atoms with van der Waals surface area (Å²) >= 11 is 0. The van der Waals surface area contributed by atoms with E-state index in [2.05, 4.69) is 29.5 Å². The average molecular weight is 353 g/mol. The van der Waals surface area contributed by atoms with Crippen LogP contribution in [0.25, 0.3) is 0 Å². The van der Waals surface area contributed by atoms with Crippen LogP contribution >= 0.6 is 0 Å². The van der Waals surface area contributed by atoms with E-state index in [9.17, 15) is 8.42 Å². The van der Waals surface area contributed by atoms with E-state index in [0.29, 0.717) is 25.0 Å². The smallest absolute Gasteiger partial charge is 0.236 e. The minimum atomic E-state index is -3.32. The molecule has 134 valence electrons. The first-order chi connectivity index (χ1) is 11.4. The van der Waals surface area contributed by atoms with E-state index in [4.69, 9.17) is 0 Å². The number of hydrogen-bond donors (Lipinski definition) is 2. The maximum absolute atomic E-state index is 12.6. The lowest BCUT2D eigenvalue weighted by Crippen LogP contribution is -2.42. The molecular formula is C17H28N4O2S. The van der Waals surface area contributed by atoms with Crippen molar-refractivity contribution in [3.8, 4) is 0 Å². The molecule has 0 fully saturated rings. The van der Waals surface area contributed by atoms with Gasteiger partial charge in [0.2, 0.25) is 10.0 Å². The summed E-state index contributed by atoms with van der Waals surface area (Å²) < 4.78 is 26.7. The van der Waals surface area contributed by atoms with E-state index in [1.165, 1.54) is 4.31 Å². The fourth-order valence-electron chi connectivity index (χ4n) is 2.71. The third-order valence-corrected chi connectivity index (χ3v) is 5.84. The Labute approximate surface area is 145 Å². The Balaban J connectivity index is 1.85. The van der Waals surface area contributed by atoms with E-state index in [0.717, 1.165) is 30.6 Å². The van der Waals surface area contributed by atoms with E-state index in [1.54, 1.807) is 7.05 Å². The van der Waals surface area contributed by atoms with Crippen molar-refractivity contribution < 1.29 is 8.42 Å². The number of guanidine groups is 1. The van der Waals surface area contributed by atoms with Crippen LogP contribution in [0.5, 0.6) is 0 Å². The minimum Gasteiger partial charge on any atom is -0.356 e. The highest BCUT2D eigenvalue weighted by molar-refractivity contribution is 7.92. The number of aliphatic imine (C=N–C) groups is 1. The second kappa shape index (κ2) is 8.37. The molecule has 0 aliphatic carbocycles. The molecule has 0 amide bonds. The highest BCUT2D eigenvalue weighted by atomic mass is 32.2. The molecule has 1 aliphatic rings. The number of para-hydroxylation sites is 1. The molecule has 2 rings (SSSR count). The lowest BCUT2D eigenvalue weighted by molar-refractivity contribution is 0.573. The third-order valence-electron chi connectivity index (χ3n) is 4.07. The highest BCUT2D eigenvalue weighted by Crippen LogP contribution is 2.29. The molecule has 0 bridgehead atoms. The summed E-state index contributed by atoms with van der Waals surface area (Å²) in [6.07, 6.45) is 1.82. The predicted octanol–water partition coefficient (Wildman–Crippen LogP) is 1.59. The second-order valence-electron chi connectivity index (χ2n) is 6.38. The fraction of sp³-hybridized carbons (Fsp3) is 0.588. The zero-order valence-corrected chi connectivity index (χ0v) is 15.6. The Hall–Kier alpha value is -1.76. The molecule has 1 aromatic carbocycles. The van der Waals surface area contributed by atoms with Gasteiger partial charge >= 0.3 is 0 Å². The van der Waals surface area contributed by atoms with Crippen LogP contribution in [-0.2, 0) is 16.4 Å². The maximum atomic E-state index is 12.6. The standard InChI is InChI=1S/C17H28N4O2S/c1-14(2)8-10-19-17(18-3)20-11-13-24(22,23)21-12-9-15-6-4-5-7-16(15)21/h4-7,14H,8-13H2,1-3H3,(H2,18,19,20). The fourth-order valence-corrected chi connectivity index (χ4v) is 4.13. The Bertz CT molecular complexity index is 671. The molecule has 0 atom stereocenters. The number of anilines is 1. The Morgan fingerprint density at radius 2 is 1.96 bits per heavy atom. The van der Waals surface area contributed by atoms with Crippen LogP contribution in [0.4, 0.5) is 5.69 Å². The largest absolute Gasteiger partial charge is 0.356 e. The van der Waals surface area contributed by atoms with Crippen molar-refractivity contribution >= 4 is 21.7 Å². The van der Waals surface area contributed by atoms with Crippen molar-refractivity contribution in [1.29, 1.82) is 0 Å². The molecule has 1 aliphatic heterocycles. The predicted molar refractivity (Wildman–Crippen MR) is 100 cm³/mol. The molecule has 7 heteroatoms. The van der Waals surface area contributed by atoms with Gasteiger partial charge in [-0.25, -0.2) is 8.42 Å². The number of fused-ring (bicyclic) bond motifs is 1. The number of nitrogens with zero attached hydrogens (tertiary/aromatic N) is 2. The summed E-state index contributed by atoms with van der Waals surface area (Å²) in [6, 6.07) is 7.69. The van der Waals surface area contributed by atoms with Gasteiger partial charge in [0, 0.05) is 26.7 Å². The monoisotopic (exact) mass is 352 g/mol. The molecule has 0 unspecified atom stereocenters. The van der Waals surface area contributed by atoms with Crippen molar-refractivity contribution in [3.63, 3.8) is 0 Å². The van der Waals surface area contributed by atoms with Gasteiger partial charge in [-0.05, 0) is 30.4 Å². The number of rotatable bonds is 7. The van der Waals surface area contributed by atoms with E-state index in [-0.39, 0.29) is 5.75 Å². The molecule has 0 saturated carbocycles. The Kier molecular flexibility index (Phi) is 6.48. The van der Waals surface area contributed by atoms with E-state index < -0.39 is 10.0 Å². The van der Waals surface area contributed by atoms with Crippen LogP contribution in [0, 0.1) is 5.92 Å². The number of nitrogens with one attached hydrogen (secondary N) is 2. The normalized spacial score (nSPS) is 14.8. The van der Waals surface area contributed by atoms with Gasteiger partial charge in [-0.2, -0.15) is 0 Å². The molecule has 1 heterocycles. The first kappa shape index (κ1) is 18.6. The van der Waals surface area contributed by atoms with Gasteiger partial charge in [-0.1, -0.05) is 32.0 Å². The van der Waals surface area contributed by atoms with Crippen molar-refractivity contribution in [2.24, 2.45) is 10.9 Å². The van der Waals surface area contributed by atoms with Gasteiger partial charge in [0.05, 0.1) is 11.4 Å². The molecule has 24 heavy (non-hydrogen) atoms. The van der Waals surface area contributed by atoms with E-state index >= 15 is 0 Å². The van der Waals surface area contributed by atoms with Crippen molar-refractivity contribution in [2.75, 3.05) is 36.7 Å². The van der Waals surface area contributed by atoms with Gasteiger partial charge in [-0.3, -0.25) is 9.30 Å². The maximum Gasteiger partial charge on any atom is 0.236 e. The van der Waals surface area contributed by atoms with Gasteiger partial charge < -0.3 is 10.6 Å². The first-order valence-corrected chi connectivity index (χ1v) is 10.1. The quantitative estimate of drug-likeness (QED) is 0.577. The summed E-state index contributed by atoms with van der Waals surface area (Å²) in [7, 11) is -1.63. The Morgan fingerprint density at radius 1 is 1.25 bits per heavy atom. The second-order valence-corrected chi connectivity index (χ2v) is 8.39. The summed E-state index contributed by atoms with van der Waals surface area (Å²) in [5, 5.41) is 6.28. The number of sulfonamides is 1. The van der Waals surface area contributed by atoms with Crippen molar-refractivity contribution in [3.05, 3.63) is 29.8 Å². The summed E-state index contributed by atoms with van der Waals surface area (Å²) in [5.41, 5.74) is 1.91. The van der Waals surface area contributed by atoms with E-state index in [1.807, 2.05) is 24.3 Å². The molecular weight excluding hydrogens is 324 g/mol. The van der Waals surface area contributed by atoms with Crippen molar-refractivity contribution in [2.45, 2.75) is 26.7 Å². The first-order valence-electron chi connectivity index (χ1n) is 8.47. The topological polar surface area (TPSA) is 73.8 Å². The van der Waals surface area contributed by atoms with Gasteiger partial charge in [-0.15, -0.1) is 0 Å². The highest BCUT2D eigenvalue weighted by Gasteiger charge is 2.28. The molecule has 0 spiro atoms. The van der Waals surface area contributed by atoms with Crippen LogP contribution in [0.2, 0.25) is 0 Å². The van der Waals surface area contributed by atoms with Gasteiger partial charge in [0.1, 0.15) is 0 Å². The van der Waals surface area contributed by atoms with Crippen LogP contribution in [0.1, 0.15) is 25.8 Å². The summed E-state index contributed by atoms with van der Waals surface area (Å²) in [5.74, 6) is 1.31. The molecule has 1 aromatic rings. The molecule has 0 saturated heterocycles. The van der Waals surface area contributed by atoms with Crippen LogP contribution in [0.15, 0.2) is 29.3 Å². The van der Waals surface area contributed by atoms with Gasteiger partial charge in [0.15, 0.2) is 5.96 Å².